The van der Waals surface area contributed by atoms with Gasteiger partial charge in [-0.05, 0) is 62.6 Å². The van der Waals surface area contributed by atoms with E-state index >= 15 is 0 Å². The van der Waals surface area contributed by atoms with E-state index in [0.717, 1.165) is 18.6 Å². The van der Waals surface area contributed by atoms with E-state index in [1.165, 1.54) is 10.5 Å². The van der Waals surface area contributed by atoms with Crippen molar-refractivity contribution in [3.8, 4) is 11.8 Å². The number of carbonyl (C=O) groups is 3. The van der Waals surface area contributed by atoms with Crippen molar-refractivity contribution in [2.24, 2.45) is 5.92 Å². The van der Waals surface area contributed by atoms with Gasteiger partial charge in [-0.2, -0.15) is 0 Å². The van der Waals surface area contributed by atoms with Gasteiger partial charge in [-0.25, -0.2) is 4.79 Å². The number of urea groups is 1. The Bertz CT molecular complexity index is 1080. The molecule has 0 spiro atoms. The van der Waals surface area contributed by atoms with Crippen LogP contribution in [0.25, 0.3) is 0 Å². The molecule has 2 saturated heterocycles. The first-order valence-corrected chi connectivity index (χ1v) is 12.4. The van der Waals surface area contributed by atoms with Gasteiger partial charge in [0.15, 0.2) is 0 Å². The third kappa shape index (κ3) is 5.59. The van der Waals surface area contributed by atoms with Crippen molar-refractivity contribution in [3.63, 3.8) is 0 Å². The minimum atomic E-state index is -0.940. The summed E-state index contributed by atoms with van der Waals surface area (Å²) < 4.78 is 5.34. The van der Waals surface area contributed by atoms with Gasteiger partial charge in [-0.3, -0.25) is 14.5 Å². The van der Waals surface area contributed by atoms with Crippen LogP contribution >= 0.6 is 0 Å². The average Bonchev–Trinajstić information content (AvgIpc) is 3.49. The molecular formula is C28H33N3O4. The van der Waals surface area contributed by atoms with Crippen LogP contribution in [0.2, 0.25) is 0 Å². The number of nitrogens with one attached hydrogen (secondary N) is 1. The summed E-state index contributed by atoms with van der Waals surface area (Å²) in [5.41, 5.74) is 0.273. The average molecular weight is 476 g/mol. The smallest absolute Gasteiger partial charge is 0.325 e. The highest BCUT2D eigenvalue weighted by molar-refractivity contribution is 6.07. The molecule has 2 aliphatic heterocycles. The summed E-state index contributed by atoms with van der Waals surface area (Å²) in [5.74, 6) is 6.33. The number of amides is 4. The maximum Gasteiger partial charge on any atom is 0.325 e. The Balaban J connectivity index is 1.42. The van der Waals surface area contributed by atoms with Gasteiger partial charge < -0.3 is 14.6 Å². The summed E-state index contributed by atoms with van der Waals surface area (Å²) in [6.07, 6.45) is 6.14. The first-order chi connectivity index (χ1) is 17.0. The lowest BCUT2D eigenvalue weighted by Gasteiger charge is -2.41. The minimum absolute atomic E-state index is 0.0246. The number of likely N-dealkylation sites (tertiary alicyclic amines) is 1. The fourth-order valence-electron chi connectivity index (χ4n) is 5.28. The molecule has 4 rings (SSSR count). The molecule has 4 amide bonds. The van der Waals surface area contributed by atoms with E-state index in [0.29, 0.717) is 45.2 Å². The van der Waals surface area contributed by atoms with Crippen molar-refractivity contribution in [2.45, 2.75) is 57.4 Å². The molecule has 7 heteroatoms. The molecule has 1 atom stereocenters. The summed E-state index contributed by atoms with van der Waals surface area (Å²) in [7, 11) is 0. The maximum absolute atomic E-state index is 13.6. The Kier molecular flexibility index (Phi) is 7.91. The second-order valence-corrected chi connectivity index (χ2v) is 9.29. The number of benzene rings is 1. The highest BCUT2D eigenvalue weighted by Gasteiger charge is 2.55. The third-order valence-electron chi connectivity index (χ3n) is 7.21. The summed E-state index contributed by atoms with van der Waals surface area (Å²) >= 11 is 0. The van der Waals surface area contributed by atoms with Crippen molar-refractivity contribution in [2.75, 3.05) is 19.6 Å². The van der Waals surface area contributed by atoms with Crippen molar-refractivity contribution in [1.82, 2.24) is 15.1 Å². The lowest BCUT2D eigenvalue weighted by Crippen LogP contribution is -2.56. The van der Waals surface area contributed by atoms with E-state index in [1.807, 2.05) is 35.2 Å². The van der Waals surface area contributed by atoms with Crippen LogP contribution in [0.15, 0.2) is 53.1 Å². The first-order valence-electron chi connectivity index (χ1n) is 12.4. The molecular weight excluding hydrogens is 442 g/mol. The van der Waals surface area contributed by atoms with E-state index in [1.54, 1.807) is 13.2 Å². The highest BCUT2D eigenvalue weighted by Crippen LogP contribution is 2.37. The largest absolute Gasteiger partial charge is 0.469 e. The molecule has 0 aliphatic carbocycles. The molecule has 35 heavy (non-hydrogen) atoms. The zero-order chi connectivity index (χ0) is 24.7. The molecule has 0 unspecified atom stereocenters. The number of carbonyl (C=O) groups excluding carboxylic acids is 3. The predicted octanol–water partition coefficient (Wildman–Crippen LogP) is 3.79. The summed E-state index contributed by atoms with van der Waals surface area (Å²) in [5, 5.41) is 3.07. The van der Waals surface area contributed by atoms with E-state index in [9.17, 15) is 14.4 Å². The molecule has 2 aliphatic rings. The molecule has 0 saturated carbocycles. The zero-order valence-corrected chi connectivity index (χ0v) is 20.3. The number of piperidine rings is 1. The number of rotatable bonds is 9. The van der Waals surface area contributed by atoms with Gasteiger partial charge in [0.1, 0.15) is 11.3 Å². The number of hydrogen-bond donors (Lipinski definition) is 1. The van der Waals surface area contributed by atoms with Gasteiger partial charge in [0.2, 0.25) is 5.91 Å². The van der Waals surface area contributed by atoms with Gasteiger partial charge in [0.05, 0.1) is 12.8 Å². The number of furan rings is 1. The van der Waals surface area contributed by atoms with Gasteiger partial charge in [0, 0.05) is 25.9 Å². The Morgan fingerprint density at radius 3 is 2.57 bits per heavy atom. The van der Waals surface area contributed by atoms with Crippen molar-refractivity contribution < 1.29 is 18.8 Å². The van der Waals surface area contributed by atoms with Crippen molar-refractivity contribution in [3.05, 3.63) is 60.1 Å². The summed E-state index contributed by atoms with van der Waals surface area (Å²) in [6, 6.07) is 13.5. The van der Waals surface area contributed by atoms with Crippen LogP contribution in [0.4, 0.5) is 4.79 Å². The van der Waals surface area contributed by atoms with Gasteiger partial charge in [-0.15, -0.1) is 5.92 Å². The molecule has 2 aromatic rings. The fourth-order valence-corrected chi connectivity index (χ4v) is 5.28. The zero-order valence-electron chi connectivity index (χ0n) is 20.3. The van der Waals surface area contributed by atoms with E-state index in [4.69, 9.17) is 4.42 Å². The van der Waals surface area contributed by atoms with Crippen LogP contribution in [-0.4, -0.2) is 52.8 Å². The summed E-state index contributed by atoms with van der Waals surface area (Å²) in [6.45, 7) is 2.97. The van der Waals surface area contributed by atoms with Crippen LogP contribution in [-0.2, 0) is 22.4 Å². The third-order valence-corrected chi connectivity index (χ3v) is 7.21. The van der Waals surface area contributed by atoms with Crippen LogP contribution < -0.4 is 5.32 Å². The van der Waals surface area contributed by atoms with Crippen molar-refractivity contribution >= 4 is 17.8 Å². The molecule has 7 nitrogen and oxygen atoms in total. The second-order valence-electron chi connectivity index (χ2n) is 9.29. The molecule has 1 aromatic heterocycles. The number of aryl methyl sites for hydroxylation is 2. The van der Waals surface area contributed by atoms with Gasteiger partial charge in [0.25, 0.3) is 5.91 Å². The fraction of sp³-hybridized carbons (Fsp3) is 0.464. The standard InChI is InChI=1S/C28H33N3O4/c1-2-3-18-31-26(33)28(29-27(31)34,17-7-11-22-9-5-4-6-10-22)23-15-19-30(20-16-23)25(32)14-13-24-12-8-21-35-24/h4-6,8-10,12,21,23H,7,11,13-20H2,1H3,(H,29,34)/t28-/m1/s1. The molecule has 2 fully saturated rings. The quantitative estimate of drug-likeness (QED) is 0.442. The number of hydrogen-bond acceptors (Lipinski definition) is 4. The minimum Gasteiger partial charge on any atom is -0.469 e. The van der Waals surface area contributed by atoms with Crippen LogP contribution in [0.1, 0.15) is 50.4 Å². The Labute approximate surface area is 206 Å². The van der Waals surface area contributed by atoms with Crippen LogP contribution in [0.5, 0.6) is 0 Å². The van der Waals surface area contributed by atoms with E-state index in [2.05, 4.69) is 29.3 Å². The SMILES string of the molecule is CC#CCN1C(=O)N[C@](CCCc2ccccc2)(C2CCN(C(=O)CCc3ccco3)CC2)C1=O. The lowest BCUT2D eigenvalue weighted by atomic mass is 9.74. The van der Waals surface area contributed by atoms with Gasteiger partial charge >= 0.3 is 6.03 Å². The monoisotopic (exact) mass is 475 g/mol. The normalized spacial score (nSPS) is 20.5. The summed E-state index contributed by atoms with van der Waals surface area (Å²) in [4.78, 5) is 42.3. The molecule has 0 bridgehead atoms. The maximum atomic E-state index is 13.6. The Morgan fingerprint density at radius 1 is 1.11 bits per heavy atom. The molecule has 0 radical (unpaired) electrons. The first kappa shape index (κ1) is 24.6. The molecule has 1 aromatic carbocycles. The second kappa shape index (κ2) is 11.3. The number of imide groups is 1. The van der Waals surface area contributed by atoms with Gasteiger partial charge in [-0.1, -0.05) is 36.3 Å². The van der Waals surface area contributed by atoms with Crippen LogP contribution in [0, 0.1) is 17.8 Å². The molecule has 1 N–H and O–H groups in total. The van der Waals surface area contributed by atoms with Crippen LogP contribution in [0.3, 0.4) is 0 Å². The van der Waals surface area contributed by atoms with E-state index < -0.39 is 5.54 Å². The highest BCUT2D eigenvalue weighted by atomic mass is 16.3. The number of nitrogens with zero attached hydrogens (tertiary/aromatic N) is 2. The molecule has 184 valence electrons. The van der Waals surface area contributed by atoms with E-state index in [-0.39, 0.29) is 30.3 Å². The predicted molar refractivity (Wildman–Crippen MR) is 132 cm³/mol. The lowest BCUT2D eigenvalue weighted by molar-refractivity contribution is -0.136. The Morgan fingerprint density at radius 2 is 1.89 bits per heavy atom. The Hall–Kier alpha value is -3.53. The topological polar surface area (TPSA) is 82.9 Å². The van der Waals surface area contributed by atoms with Crippen molar-refractivity contribution in [1.29, 1.82) is 0 Å². The molecule has 3 heterocycles.